The minimum atomic E-state index is -0.895. The third kappa shape index (κ3) is 8.04. The first-order chi connectivity index (χ1) is 20.9. The molecule has 3 aromatic carbocycles. The summed E-state index contributed by atoms with van der Waals surface area (Å²) in [5.74, 6) is 2.03. The van der Waals surface area contributed by atoms with Crippen LogP contribution < -0.4 is 14.8 Å². The van der Waals surface area contributed by atoms with Crippen LogP contribution in [0.25, 0.3) is 11.5 Å². The van der Waals surface area contributed by atoms with E-state index in [1.54, 1.807) is 6.07 Å². The van der Waals surface area contributed by atoms with Crippen molar-refractivity contribution in [3.05, 3.63) is 120 Å². The van der Waals surface area contributed by atoms with E-state index in [1.165, 1.54) is 18.6 Å². The number of amides is 1. The fraction of sp³-hybridized carbons (Fsp3) is 0.182. The summed E-state index contributed by atoms with van der Waals surface area (Å²) in [4.78, 5) is 36.2. The maximum Gasteiger partial charge on any atom is 0.303 e. The number of aliphatic carboxylic acids is 1. The van der Waals surface area contributed by atoms with Crippen molar-refractivity contribution < 1.29 is 28.6 Å². The number of ether oxygens (including phenoxy) is 2. The van der Waals surface area contributed by atoms with Gasteiger partial charge in [0.15, 0.2) is 0 Å². The van der Waals surface area contributed by atoms with Gasteiger partial charge in [-0.1, -0.05) is 24.3 Å². The number of nitrogens with one attached hydrogen (secondary N) is 1. The third-order valence-corrected chi connectivity index (χ3v) is 6.60. The van der Waals surface area contributed by atoms with Gasteiger partial charge in [0.2, 0.25) is 5.89 Å². The Balaban J connectivity index is 1.20. The van der Waals surface area contributed by atoms with Gasteiger partial charge in [-0.3, -0.25) is 14.6 Å². The zero-order chi connectivity index (χ0) is 30.0. The summed E-state index contributed by atoms with van der Waals surface area (Å²) in [5.41, 5.74) is 3.39. The van der Waals surface area contributed by atoms with Crippen LogP contribution >= 0.6 is 0 Å². The number of oxazole rings is 1. The van der Waals surface area contributed by atoms with Crippen molar-refractivity contribution in [1.82, 2.24) is 20.3 Å². The zero-order valence-electron chi connectivity index (χ0n) is 23.5. The number of carbonyl (C=O) groups excluding carboxylic acids is 1. The van der Waals surface area contributed by atoms with Crippen molar-refractivity contribution in [3.63, 3.8) is 0 Å². The molecular formula is C33H30N4O6. The minimum absolute atomic E-state index is 0.0259. The van der Waals surface area contributed by atoms with E-state index < -0.39 is 5.97 Å². The maximum atomic E-state index is 12.5. The maximum absolute atomic E-state index is 12.5. The number of carbonyl (C=O) groups is 2. The molecule has 43 heavy (non-hydrogen) atoms. The fourth-order valence-corrected chi connectivity index (χ4v) is 4.36. The predicted octanol–water partition coefficient (Wildman–Crippen LogP) is 5.80. The van der Waals surface area contributed by atoms with E-state index in [0.717, 1.165) is 28.1 Å². The number of para-hydroxylation sites is 1. The number of hydrogen-bond acceptors (Lipinski definition) is 8. The second-order valence-electron chi connectivity index (χ2n) is 9.66. The number of aromatic nitrogens is 3. The van der Waals surface area contributed by atoms with E-state index in [9.17, 15) is 9.59 Å². The Hall–Kier alpha value is -5.51. The number of carboxylic acids is 1. The lowest BCUT2D eigenvalue weighted by molar-refractivity contribution is -0.136. The molecule has 2 aromatic heterocycles. The summed E-state index contributed by atoms with van der Waals surface area (Å²) in [7, 11) is 0. The quantitative estimate of drug-likeness (QED) is 0.178. The highest BCUT2D eigenvalue weighted by Crippen LogP contribution is 2.27. The molecule has 0 radical (unpaired) electrons. The Kier molecular flexibility index (Phi) is 9.38. The Morgan fingerprint density at radius 2 is 1.67 bits per heavy atom. The molecule has 0 bridgehead atoms. The molecule has 2 N–H and O–H groups in total. The SMILES string of the molecule is Cc1oc(-c2ccc(Oc3ccccc3)cc2)nc1CCOc1ccc(CCC(=O)O)c(CNC(=O)c2cnccn2)c1. The second-order valence-corrected chi connectivity index (χ2v) is 9.66. The van der Waals surface area contributed by atoms with Gasteiger partial charge in [-0.15, -0.1) is 0 Å². The van der Waals surface area contributed by atoms with Crippen molar-refractivity contribution in [2.45, 2.75) is 32.7 Å². The molecule has 0 saturated carbocycles. The van der Waals surface area contributed by atoms with Crippen LogP contribution in [-0.4, -0.2) is 38.5 Å². The Labute approximate surface area is 248 Å². The van der Waals surface area contributed by atoms with Gasteiger partial charge in [0.1, 0.15) is 28.7 Å². The molecule has 0 aliphatic heterocycles. The van der Waals surface area contributed by atoms with E-state index in [2.05, 4.69) is 20.3 Å². The van der Waals surface area contributed by atoms with Gasteiger partial charge in [0, 0.05) is 37.3 Å². The van der Waals surface area contributed by atoms with Crippen LogP contribution in [0.2, 0.25) is 0 Å². The number of benzene rings is 3. The standard InChI is InChI=1S/C33H30N4O6/c1-22-29(37-33(42-22)24-8-11-27(12-9-24)43-26-5-3-2-4-6-26)15-18-41-28-13-7-23(10-14-31(38)39)25(19-28)20-36-32(40)30-21-34-16-17-35-30/h2-9,11-13,16-17,19,21H,10,14-15,18,20H2,1H3,(H,36,40)(H,38,39). The first-order valence-corrected chi connectivity index (χ1v) is 13.7. The van der Waals surface area contributed by atoms with Crippen molar-refractivity contribution in [1.29, 1.82) is 0 Å². The molecule has 218 valence electrons. The van der Waals surface area contributed by atoms with E-state index in [1.807, 2.05) is 73.7 Å². The Morgan fingerprint density at radius 1 is 0.907 bits per heavy atom. The summed E-state index contributed by atoms with van der Waals surface area (Å²) in [6.07, 6.45) is 5.13. The average molecular weight is 579 g/mol. The van der Waals surface area contributed by atoms with Crippen LogP contribution in [0, 0.1) is 6.92 Å². The normalized spacial score (nSPS) is 10.7. The predicted molar refractivity (Wildman–Crippen MR) is 158 cm³/mol. The molecule has 0 aliphatic rings. The van der Waals surface area contributed by atoms with Gasteiger partial charge in [-0.25, -0.2) is 9.97 Å². The molecule has 1 amide bonds. The van der Waals surface area contributed by atoms with Crippen LogP contribution in [0.1, 0.15) is 39.5 Å². The van der Waals surface area contributed by atoms with Crippen LogP contribution in [-0.2, 0) is 24.2 Å². The van der Waals surface area contributed by atoms with Crippen molar-refractivity contribution >= 4 is 11.9 Å². The van der Waals surface area contributed by atoms with E-state index in [4.69, 9.17) is 19.0 Å². The van der Waals surface area contributed by atoms with Crippen molar-refractivity contribution in [2.24, 2.45) is 0 Å². The first kappa shape index (κ1) is 29.0. The van der Waals surface area contributed by atoms with Gasteiger partial charge in [-0.2, -0.15) is 0 Å². The Morgan fingerprint density at radius 3 is 2.42 bits per heavy atom. The lowest BCUT2D eigenvalue weighted by Crippen LogP contribution is -2.24. The first-order valence-electron chi connectivity index (χ1n) is 13.7. The van der Waals surface area contributed by atoms with Gasteiger partial charge >= 0.3 is 5.97 Å². The van der Waals surface area contributed by atoms with E-state index >= 15 is 0 Å². The van der Waals surface area contributed by atoms with Gasteiger partial charge in [-0.05, 0) is 73.0 Å². The highest BCUT2D eigenvalue weighted by Gasteiger charge is 2.14. The molecular weight excluding hydrogens is 548 g/mol. The molecule has 10 nitrogen and oxygen atoms in total. The van der Waals surface area contributed by atoms with Crippen LogP contribution in [0.3, 0.4) is 0 Å². The van der Waals surface area contributed by atoms with Crippen LogP contribution in [0.15, 0.2) is 95.8 Å². The topological polar surface area (TPSA) is 137 Å². The van der Waals surface area contributed by atoms with Crippen LogP contribution in [0.5, 0.6) is 17.2 Å². The molecule has 0 fully saturated rings. The van der Waals surface area contributed by atoms with Gasteiger partial charge < -0.3 is 24.3 Å². The summed E-state index contributed by atoms with van der Waals surface area (Å²) >= 11 is 0. The van der Waals surface area contributed by atoms with Crippen molar-refractivity contribution in [3.8, 4) is 28.7 Å². The minimum Gasteiger partial charge on any atom is -0.493 e. The highest BCUT2D eigenvalue weighted by molar-refractivity contribution is 5.91. The van der Waals surface area contributed by atoms with Gasteiger partial charge in [0.05, 0.1) is 18.5 Å². The summed E-state index contributed by atoms with van der Waals surface area (Å²) in [6, 6.07) is 22.6. The number of nitrogens with zero attached hydrogens (tertiary/aromatic N) is 3. The molecule has 10 heteroatoms. The summed E-state index contributed by atoms with van der Waals surface area (Å²) < 4.78 is 17.8. The zero-order valence-corrected chi connectivity index (χ0v) is 23.5. The third-order valence-electron chi connectivity index (χ3n) is 6.60. The van der Waals surface area contributed by atoms with Gasteiger partial charge in [0.25, 0.3) is 5.91 Å². The monoisotopic (exact) mass is 578 g/mol. The molecule has 0 saturated heterocycles. The summed E-state index contributed by atoms with van der Waals surface area (Å²) in [6.45, 7) is 2.40. The Bertz CT molecular complexity index is 1670. The lowest BCUT2D eigenvalue weighted by atomic mass is 10.0. The van der Waals surface area contributed by atoms with Crippen LogP contribution in [0.4, 0.5) is 0 Å². The second kappa shape index (κ2) is 13.9. The fourth-order valence-electron chi connectivity index (χ4n) is 4.36. The molecule has 0 aliphatic carbocycles. The summed E-state index contributed by atoms with van der Waals surface area (Å²) in [5, 5.41) is 12.0. The molecule has 2 heterocycles. The lowest BCUT2D eigenvalue weighted by Gasteiger charge is -2.13. The molecule has 0 spiro atoms. The molecule has 5 rings (SSSR count). The molecule has 0 atom stereocenters. The number of aryl methyl sites for hydroxylation is 2. The highest BCUT2D eigenvalue weighted by atomic mass is 16.5. The van der Waals surface area contributed by atoms with E-state index in [-0.39, 0.29) is 24.6 Å². The number of hydrogen-bond donors (Lipinski definition) is 2. The van der Waals surface area contributed by atoms with E-state index in [0.29, 0.717) is 42.6 Å². The molecule has 5 aromatic rings. The number of rotatable bonds is 13. The average Bonchev–Trinajstić information content (AvgIpc) is 3.40. The number of carboxylic acid groups (broad SMARTS) is 1. The smallest absolute Gasteiger partial charge is 0.303 e. The van der Waals surface area contributed by atoms with Crippen molar-refractivity contribution in [2.75, 3.05) is 6.61 Å². The molecule has 0 unspecified atom stereocenters. The largest absolute Gasteiger partial charge is 0.493 e.